The van der Waals surface area contributed by atoms with E-state index >= 15 is 0 Å². The number of aromatic nitrogens is 1. The third kappa shape index (κ3) is 2.62. The normalized spacial score (nSPS) is 23.4. The Balaban J connectivity index is 1.64. The van der Waals surface area contributed by atoms with Crippen molar-refractivity contribution < 1.29 is 4.74 Å². The molecule has 4 rings (SSSR count). The zero-order chi connectivity index (χ0) is 15.6. The Labute approximate surface area is 135 Å². The quantitative estimate of drug-likeness (QED) is 0.796. The van der Waals surface area contributed by atoms with E-state index in [0.29, 0.717) is 19.7 Å². The molecule has 0 saturated carbocycles. The van der Waals surface area contributed by atoms with Gasteiger partial charge >= 0.3 is 0 Å². The van der Waals surface area contributed by atoms with Crippen molar-refractivity contribution >= 4 is 5.82 Å². The van der Waals surface area contributed by atoms with Crippen molar-refractivity contribution in [3.63, 3.8) is 0 Å². The monoisotopic (exact) mass is 306 g/mol. The summed E-state index contributed by atoms with van der Waals surface area (Å²) in [5.41, 5.74) is 2.35. The van der Waals surface area contributed by atoms with Gasteiger partial charge in [-0.25, -0.2) is 4.98 Å². The smallest absolute Gasteiger partial charge is 0.179 e. The first kappa shape index (κ1) is 14.0. The van der Waals surface area contributed by atoms with E-state index in [-0.39, 0.29) is 12.1 Å². The van der Waals surface area contributed by atoms with Crippen molar-refractivity contribution in [1.82, 2.24) is 9.88 Å². The number of likely N-dealkylation sites (tertiary alicyclic amines) is 1. The van der Waals surface area contributed by atoms with Gasteiger partial charge in [0.25, 0.3) is 0 Å². The molecule has 0 spiro atoms. The molecule has 2 aromatic rings. The van der Waals surface area contributed by atoms with Crippen LogP contribution in [0.4, 0.5) is 5.82 Å². The molecule has 3 heterocycles. The maximum Gasteiger partial charge on any atom is 0.179 e. The maximum absolute atomic E-state index is 9.15. The molecule has 1 aromatic heterocycles. The van der Waals surface area contributed by atoms with Crippen molar-refractivity contribution in [2.24, 2.45) is 0 Å². The first-order valence-electron chi connectivity index (χ1n) is 7.89. The average molecular weight is 306 g/mol. The van der Waals surface area contributed by atoms with Crippen LogP contribution in [-0.4, -0.2) is 48.3 Å². The number of rotatable bonds is 2. The summed E-state index contributed by atoms with van der Waals surface area (Å²) in [5, 5.41) is 9.15. The van der Waals surface area contributed by atoms with E-state index < -0.39 is 0 Å². The Morgan fingerprint density at radius 2 is 2.00 bits per heavy atom. The van der Waals surface area contributed by atoms with Gasteiger partial charge < -0.3 is 14.5 Å². The highest BCUT2D eigenvalue weighted by Crippen LogP contribution is 2.29. The largest absolute Gasteiger partial charge is 0.372 e. The Kier molecular flexibility index (Phi) is 3.60. The Morgan fingerprint density at radius 3 is 2.83 bits per heavy atom. The molecule has 1 aromatic carbocycles. The number of nitriles is 1. The van der Waals surface area contributed by atoms with Crippen LogP contribution in [0, 0.1) is 11.5 Å². The van der Waals surface area contributed by atoms with Gasteiger partial charge in [0.2, 0.25) is 0 Å². The molecule has 116 valence electrons. The van der Waals surface area contributed by atoms with Gasteiger partial charge in [-0.3, -0.25) is 0 Å². The zero-order valence-corrected chi connectivity index (χ0v) is 12.8. The Morgan fingerprint density at radius 1 is 1.13 bits per heavy atom. The highest BCUT2D eigenvalue weighted by Gasteiger charge is 2.40. The second kappa shape index (κ2) is 5.90. The predicted molar refractivity (Wildman–Crippen MR) is 87.7 cm³/mol. The number of ether oxygens (including phenoxy) is 1. The molecule has 5 heteroatoms. The molecule has 0 aliphatic carbocycles. The first-order valence-corrected chi connectivity index (χ1v) is 7.89. The van der Waals surface area contributed by atoms with Crippen LogP contribution in [-0.2, 0) is 4.74 Å². The number of fused-ring (bicyclic) bond motifs is 1. The summed E-state index contributed by atoms with van der Waals surface area (Å²) in [4.78, 5) is 8.63. The number of hydrogen-bond donors (Lipinski definition) is 0. The van der Waals surface area contributed by atoms with Crippen LogP contribution in [0.25, 0.3) is 11.1 Å². The topological polar surface area (TPSA) is 52.4 Å². The van der Waals surface area contributed by atoms with E-state index in [1.807, 2.05) is 30.5 Å². The second-order valence-electron chi connectivity index (χ2n) is 5.94. The van der Waals surface area contributed by atoms with E-state index in [1.54, 1.807) is 4.90 Å². The molecule has 2 fully saturated rings. The van der Waals surface area contributed by atoms with E-state index in [9.17, 15) is 0 Å². The summed E-state index contributed by atoms with van der Waals surface area (Å²) >= 11 is 0. The van der Waals surface area contributed by atoms with Crippen LogP contribution < -0.4 is 4.90 Å². The fraction of sp³-hybridized carbons (Fsp3) is 0.333. The molecule has 0 N–H and O–H groups in total. The van der Waals surface area contributed by atoms with E-state index in [2.05, 4.69) is 34.3 Å². The number of benzene rings is 1. The van der Waals surface area contributed by atoms with Crippen LogP contribution in [0.3, 0.4) is 0 Å². The van der Waals surface area contributed by atoms with Crippen molar-refractivity contribution in [3.05, 3.63) is 48.7 Å². The maximum atomic E-state index is 9.15. The van der Waals surface area contributed by atoms with Crippen LogP contribution in [0.1, 0.15) is 0 Å². The minimum atomic E-state index is 0.0885. The van der Waals surface area contributed by atoms with Crippen molar-refractivity contribution in [3.8, 4) is 17.3 Å². The fourth-order valence-electron chi connectivity index (χ4n) is 3.44. The minimum Gasteiger partial charge on any atom is -0.372 e. The van der Waals surface area contributed by atoms with Gasteiger partial charge in [0, 0.05) is 12.7 Å². The number of anilines is 1. The lowest BCUT2D eigenvalue weighted by atomic mass is 10.1. The van der Waals surface area contributed by atoms with Gasteiger partial charge in [0.15, 0.2) is 6.19 Å². The molecular formula is C18H18N4O. The van der Waals surface area contributed by atoms with Crippen LogP contribution >= 0.6 is 0 Å². The minimum absolute atomic E-state index is 0.0885. The van der Waals surface area contributed by atoms with Gasteiger partial charge in [-0.1, -0.05) is 30.3 Å². The van der Waals surface area contributed by atoms with Gasteiger partial charge in [0.05, 0.1) is 31.8 Å². The summed E-state index contributed by atoms with van der Waals surface area (Å²) in [6.45, 7) is 2.87. The first-order chi connectivity index (χ1) is 11.3. The molecule has 2 atom stereocenters. The molecule has 23 heavy (non-hydrogen) atoms. The van der Waals surface area contributed by atoms with Gasteiger partial charge in [-0.15, -0.1) is 0 Å². The number of pyridine rings is 1. The SMILES string of the molecule is N#CN1C[C@@H]2OCCN(c3cc(-c4ccccc4)ccn3)[C@@H]2C1. The standard InChI is InChI=1S/C18H18N4O/c19-13-21-11-16-17(12-21)23-9-8-22(16)18-10-15(6-7-20-18)14-4-2-1-3-5-14/h1-7,10,16-17H,8-9,11-12H2/t16-,17+/m1/s1. The summed E-state index contributed by atoms with van der Waals surface area (Å²) in [7, 11) is 0. The molecular weight excluding hydrogens is 288 g/mol. The number of nitrogens with zero attached hydrogens (tertiary/aromatic N) is 4. The summed E-state index contributed by atoms with van der Waals surface area (Å²) in [5.74, 6) is 0.962. The summed E-state index contributed by atoms with van der Waals surface area (Å²) < 4.78 is 5.84. The van der Waals surface area contributed by atoms with Gasteiger partial charge in [-0.2, -0.15) is 5.26 Å². The molecule has 2 aliphatic heterocycles. The van der Waals surface area contributed by atoms with Crippen molar-refractivity contribution in [2.45, 2.75) is 12.1 Å². The highest BCUT2D eigenvalue weighted by molar-refractivity contribution is 5.66. The summed E-state index contributed by atoms with van der Waals surface area (Å²) in [6.07, 6.45) is 4.18. The lowest BCUT2D eigenvalue weighted by molar-refractivity contribution is 0.0323. The van der Waals surface area contributed by atoms with Crippen LogP contribution in [0.2, 0.25) is 0 Å². The number of morpholine rings is 1. The lowest BCUT2D eigenvalue weighted by Crippen LogP contribution is -2.51. The second-order valence-corrected chi connectivity index (χ2v) is 5.94. The molecule has 0 unspecified atom stereocenters. The van der Waals surface area contributed by atoms with Crippen LogP contribution in [0.5, 0.6) is 0 Å². The molecule has 5 nitrogen and oxygen atoms in total. The molecule has 2 aliphatic rings. The highest BCUT2D eigenvalue weighted by atomic mass is 16.5. The predicted octanol–water partition coefficient (Wildman–Crippen LogP) is 2.12. The van der Waals surface area contributed by atoms with Gasteiger partial charge in [0.1, 0.15) is 5.82 Å². The van der Waals surface area contributed by atoms with Crippen LogP contribution in [0.15, 0.2) is 48.7 Å². The third-order valence-electron chi connectivity index (χ3n) is 4.59. The third-order valence-corrected chi connectivity index (χ3v) is 4.59. The molecule has 0 amide bonds. The average Bonchev–Trinajstić information content (AvgIpc) is 3.06. The van der Waals surface area contributed by atoms with E-state index in [4.69, 9.17) is 10.00 Å². The fourth-order valence-corrected chi connectivity index (χ4v) is 3.44. The lowest BCUT2D eigenvalue weighted by Gasteiger charge is -2.37. The zero-order valence-electron chi connectivity index (χ0n) is 12.8. The number of hydrogen-bond acceptors (Lipinski definition) is 5. The molecule has 2 saturated heterocycles. The van der Waals surface area contributed by atoms with Gasteiger partial charge in [-0.05, 0) is 23.3 Å². The van der Waals surface area contributed by atoms with E-state index in [1.165, 1.54) is 5.56 Å². The van der Waals surface area contributed by atoms with Crippen molar-refractivity contribution in [1.29, 1.82) is 5.26 Å². The Hall–Kier alpha value is -2.58. The molecule has 0 bridgehead atoms. The molecule has 0 radical (unpaired) electrons. The summed E-state index contributed by atoms with van der Waals surface area (Å²) in [6, 6.07) is 14.7. The Bertz CT molecular complexity index is 727. The van der Waals surface area contributed by atoms with Crippen molar-refractivity contribution in [2.75, 3.05) is 31.1 Å². The van der Waals surface area contributed by atoms with E-state index in [0.717, 1.165) is 17.9 Å².